The van der Waals surface area contributed by atoms with Crippen LogP contribution in [0.5, 0.6) is 0 Å². The van der Waals surface area contributed by atoms with Crippen molar-refractivity contribution in [2.24, 2.45) is 5.92 Å². The Morgan fingerprint density at radius 3 is 2.56 bits per heavy atom. The predicted molar refractivity (Wildman–Crippen MR) is 103 cm³/mol. The standard InChI is InChI=1S/C19H26N6O2/c1-12(2)9-15-10-16(23-19(27)22-15)18(26)25-7-5-24(6-8-25)17-13(3)14(4)20-11-21-17/h10-12H,5-9H2,1-4H3,(H,22,23,27). The Hall–Kier alpha value is -2.77. The molecular weight excluding hydrogens is 344 g/mol. The summed E-state index contributed by atoms with van der Waals surface area (Å²) in [7, 11) is 0. The molecular formula is C19H26N6O2. The summed E-state index contributed by atoms with van der Waals surface area (Å²) in [6, 6.07) is 1.70. The summed E-state index contributed by atoms with van der Waals surface area (Å²) < 4.78 is 0. The minimum Gasteiger partial charge on any atom is -0.353 e. The van der Waals surface area contributed by atoms with E-state index in [1.54, 1.807) is 17.3 Å². The Labute approximate surface area is 158 Å². The van der Waals surface area contributed by atoms with Gasteiger partial charge < -0.3 is 14.8 Å². The maximum Gasteiger partial charge on any atom is 0.345 e. The molecule has 1 N–H and O–H groups in total. The van der Waals surface area contributed by atoms with Crippen LogP contribution in [0.15, 0.2) is 17.2 Å². The molecule has 1 aliphatic heterocycles. The SMILES string of the molecule is Cc1ncnc(N2CCN(C(=O)c3cc(CC(C)C)[nH]c(=O)n3)CC2)c1C. The molecule has 1 fully saturated rings. The van der Waals surface area contributed by atoms with Crippen LogP contribution in [0.25, 0.3) is 0 Å². The van der Waals surface area contributed by atoms with E-state index in [2.05, 4.69) is 38.7 Å². The first-order chi connectivity index (χ1) is 12.8. The molecule has 0 bridgehead atoms. The molecule has 2 aromatic heterocycles. The number of aromatic amines is 1. The third kappa shape index (κ3) is 4.32. The Bertz CT molecular complexity index is 884. The molecule has 0 spiro atoms. The molecule has 0 radical (unpaired) electrons. The molecule has 144 valence electrons. The fourth-order valence-corrected chi connectivity index (χ4v) is 3.30. The van der Waals surface area contributed by atoms with Crippen molar-refractivity contribution in [3.05, 3.63) is 45.5 Å². The summed E-state index contributed by atoms with van der Waals surface area (Å²) in [6.07, 6.45) is 2.28. The van der Waals surface area contributed by atoms with E-state index in [1.807, 2.05) is 13.8 Å². The fraction of sp³-hybridized carbons (Fsp3) is 0.526. The minimum absolute atomic E-state index is 0.193. The van der Waals surface area contributed by atoms with Crippen LogP contribution in [0.2, 0.25) is 0 Å². The van der Waals surface area contributed by atoms with E-state index in [0.29, 0.717) is 38.5 Å². The highest BCUT2D eigenvalue weighted by Crippen LogP contribution is 2.20. The number of aryl methyl sites for hydroxylation is 1. The second-order valence-corrected chi connectivity index (χ2v) is 7.38. The van der Waals surface area contributed by atoms with Crippen molar-refractivity contribution in [2.45, 2.75) is 34.1 Å². The maximum atomic E-state index is 12.8. The molecule has 0 aromatic carbocycles. The van der Waals surface area contributed by atoms with Crippen molar-refractivity contribution in [2.75, 3.05) is 31.1 Å². The van der Waals surface area contributed by atoms with Crippen LogP contribution in [-0.2, 0) is 6.42 Å². The van der Waals surface area contributed by atoms with Gasteiger partial charge in [-0.3, -0.25) is 4.79 Å². The molecule has 0 saturated carbocycles. The van der Waals surface area contributed by atoms with Gasteiger partial charge in [-0.25, -0.2) is 14.8 Å². The van der Waals surface area contributed by atoms with Gasteiger partial charge in [0.1, 0.15) is 17.8 Å². The monoisotopic (exact) mass is 370 g/mol. The second-order valence-electron chi connectivity index (χ2n) is 7.38. The van der Waals surface area contributed by atoms with Gasteiger partial charge in [-0.05, 0) is 32.3 Å². The highest BCUT2D eigenvalue weighted by Gasteiger charge is 2.25. The zero-order chi connectivity index (χ0) is 19.6. The number of nitrogens with zero attached hydrogens (tertiary/aromatic N) is 5. The molecule has 27 heavy (non-hydrogen) atoms. The van der Waals surface area contributed by atoms with Gasteiger partial charge in [0.2, 0.25) is 0 Å². The van der Waals surface area contributed by atoms with E-state index >= 15 is 0 Å². The third-order valence-corrected chi connectivity index (χ3v) is 4.82. The van der Waals surface area contributed by atoms with Crippen LogP contribution in [-0.4, -0.2) is 56.9 Å². The number of H-pyrrole nitrogens is 1. The maximum absolute atomic E-state index is 12.8. The fourth-order valence-electron chi connectivity index (χ4n) is 3.30. The predicted octanol–water partition coefficient (Wildman–Crippen LogP) is 1.34. The highest BCUT2D eigenvalue weighted by molar-refractivity contribution is 5.92. The van der Waals surface area contributed by atoms with E-state index in [9.17, 15) is 9.59 Å². The van der Waals surface area contributed by atoms with Crippen molar-refractivity contribution < 1.29 is 4.79 Å². The average molecular weight is 370 g/mol. The first kappa shape index (κ1) is 19.0. The first-order valence-electron chi connectivity index (χ1n) is 9.28. The third-order valence-electron chi connectivity index (χ3n) is 4.82. The second kappa shape index (κ2) is 7.85. The van der Waals surface area contributed by atoms with E-state index in [1.165, 1.54) is 0 Å². The van der Waals surface area contributed by atoms with E-state index in [0.717, 1.165) is 22.8 Å². The molecule has 8 heteroatoms. The van der Waals surface area contributed by atoms with Crippen molar-refractivity contribution >= 4 is 11.7 Å². The smallest absolute Gasteiger partial charge is 0.345 e. The number of anilines is 1. The van der Waals surface area contributed by atoms with Crippen LogP contribution in [0.3, 0.4) is 0 Å². The van der Waals surface area contributed by atoms with Gasteiger partial charge >= 0.3 is 5.69 Å². The largest absolute Gasteiger partial charge is 0.353 e. The van der Waals surface area contributed by atoms with Gasteiger partial charge in [-0.15, -0.1) is 0 Å². The summed E-state index contributed by atoms with van der Waals surface area (Å²) >= 11 is 0. The summed E-state index contributed by atoms with van der Waals surface area (Å²) in [5.41, 5.74) is 2.52. The topological polar surface area (TPSA) is 95.1 Å². The first-order valence-corrected chi connectivity index (χ1v) is 9.28. The Balaban J connectivity index is 1.71. The van der Waals surface area contributed by atoms with Gasteiger partial charge in [0.15, 0.2) is 0 Å². The zero-order valence-electron chi connectivity index (χ0n) is 16.3. The zero-order valence-corrected chi connectivity index (χ0v) is 16.3. The lowest BCUT2D eigenvalue weighted by Gasteiger charge is -2.36. The Morgan fingerprint density at radius 2 is 1.89 bits per heavy atom. The molecule has 3 heterocycles. The van der Waals surface area contributed by atoms with Crippen molar-refractivity contribution in [1.29, 1.82) is 0 Å². The van der Waals surface area contributed by atoms with Gasteiger partial charge in [0.25, 0.3) is 5.91 Å². The molecule has 2 aromatic rings. The molecule has 1 saturated heterocycles. The number of hydrogen-bond donors (Lipinski definition) is 1. The van der Waals surface area contributed by atoms with Crippen molar-refractivity contribution in [3.63, 3.8) is 0 Å². The molecule has 0 aliphatic carbocycles. The molecule has 1 aliphatic rings. The highest BCUT2D eigenvalue weighted by atomic mass is 16.2. The van der Waals surface area contributed by atoms with Crippen LogP contribution >= 0.6 is 0 Å². The number of amides is 1. The molecule has 8 nitrogen and oxygen atoms in total. The summed E-state index contributed by atoms with van der Waals surface area (Å²) in [5, 5.41) is 0. The van der Waals surface area contributed by atoms with Crippen LogP contribution in [0.1, 0.15) is 41.3 Å². The molecule has 1 amide bonds. The lowest BCUT2D eigenvalue weighted by molar-refractivity contribution is 0.0739. The lowest BCUT2D eigenvalue weighted by atomic mass is 10.1. The molecule has 0 unspecified atom stereocenters. The van der Waals surface area contributed by atoms with Crippen LogP contribution in [0, 0.1) is 19.8 Å². The number of nitrogens with one attached hydrogen (secondary N) is 1. The van der Waals surface area contributed by atoms with Crippen LogP contribution < -0.4 is 10.6 Å². The molecule has 3 rings (SSSR count). The van der Waals surface area contributed by atoms with Crippen molar-refractivity contribution in [1.82, 2.24) is 24.8 Å². The molecule has 0 atom stereocenters. The summed E-state index contributed by atoms with van der Waals surface area (Å²) in [6.45, 7) is 10.6. The van der Waals surface area contributed by atoms with Gasteiger partial charge in [-0.2, -0.15) is 4.98 Å². The Morgan fingerprint density at radius 1 is 1.19 bits per heavy atom. The lowest BCUT2D eigenvalue weighted by Crippen LogP contribution is -2.49. The number of rotatable bonds is 4. The Kier molecular flexibility index (Phi) is 5.53. The number of hydrogen-bond acceptors (Lipinski definition) is 6. The average Bonchev–Trinajstić information content (AvgIpc) is 2.62. The summed E-state index contributed by atoms with van der Waals surface area (Å²) in [4.78, 5) is 43.8. The van der Waals surface area contributed by atoms with Gasteiger partial charge in [0, 0.05) is 43.1 Å². The quantitative estimate of drug-likeness (QED) is 0.873. The van der Waals surface area contributed by atoms with Gasteiger partial charge in [0.05, 0.1) is 0 Å². The number of aromatic nitrogens is 4. The van der Waals surface area contributed by atoms with Crippen LogP contribution in [0.4, 0.5) is 5.82 Å². The van der Waals surface area contributed by atoms with E-state index < -0.39 is 5.69 Å². The minimum atomic E-state index is -0.470. The van der Waals surface area contributed by atoms with E-state index in [-0.39, 0.29) is 11.6 Å². The number of carbonyl (C=O) groups is 1. The normalized spacial score (nSPS) is 14.7. The van der Waals surface area contributed by atoms with Gasteiger partial charge in [-0.1, -0.05) is 13.8 Å². The summed E-state index contributed by atoms with van der Waals surface area (Å²) in [5.74, 6) is 1.11. The van der Waals surface area contributed by atoms with E-state index in [4.69, 9.17) is 0 Å². The number of carbonyl (C=O) groups excluding carboxylic acids is 1. The van der Waals surface area contributed by atoms with Crippen molar-refractivity contribution in [3.8, 4) is 0 Å². The number of piperazine rings is 1.